The molecule has 4 heteroatoms. The molecule has 70 valence electrons. The fourth-order valence-electron chi connectivity index (χ4n) is 0.741. The summed E-state index contributed by atoms with van der Waals surface area (Å²) in [6.45, 7) is 5.97. The van der Waals surface area contributed by atoms with Gasteiger partial charge in [0.05, 0.1) is 6.34 Å². The molecule has 0 aliphatic rings. The van der Waals surface area contributed by atoms with Crippen molar-refractivity contribution in [3.8, 4) is 0 Å². The van der Waals surface area contributed by atoms with Crippen molar-refractivity contribution in [3.63, 3.8) is 0 Å². The van der Waals surface area contributed by atoms with Gasteiger partial charge in [0.25, 0.3) is 0 Å². The highest BCUT2D eigenvalue weighted by Crippen LogP contribution is 1.92. The first-order chi connectivity index (χ1) is 5.61. The monoisotopic (exact) mass is 187 g/mol. The Morgan fingerprint density at radius 3 is 2.17 bits per heavy atom. The second-order valence-electron chi connectivity index (χ2n) is 2.66. The van der Waals surface area contributed by atoms with Crippen molar-refractivity contribution in [2.45, 2.75) is 13.8 Å². The van der Waals surface area contributed by atoms with Gasteiger partial charge in [0, 0.05) is 27.2 Å². The van der Waals surface area contributed by atoms with Gasteiger partial charge in [0.15, 0.2) is 5.11 Å². The molecule has 0 heterocycles. The van der Waals surface area contributed by atoms with Crippen LogP contribution in [-0.2, 0) is 0 Å². The lowest BCUT2D eigenvalue weighted by atomic mass is 10.5. The summed E-state index contributed by atoms with van der Waals surface area (Å²) in [6, 6.07) is 0. The Labute approximate surface area is 80.1 Å². The third-order valence-electron chi connectivity index (χ3n) is 1.43. The second kappa shape index (κ2) is 5.94. The molecule has 0 bridgehead atoms. The molecular formula is C8H17N3S. The summed E-state index contributed by atoms with van der Waals surface area (Å²) >= 11 is 5.09. The van der Waals surface area contributed by atoms with E-state index in [4.69, 9.17) is 12.2 Å². The molecule has 3 nitrogen and oxygen atoms in total. The first-order valence-corrected chi connectivity index (χ1v) is 4.52. The maximum absolute atomic E-state index is 5.09. The fourth-order valence-corrected chi connectivity index (χ4v) is 1.05. The van der Waals surface area contributed by atoms with Gasteiger partial charge in [-0.1, -0.05) is 0 Å². The van der Waals surface area contributed by atoms with Gasteiger partial charge in [0.2, 0.25) is 0 Å². The quantitative estimate of drug-likeness (QED) is 0.376. The Kier molecular flexibility index (Phi) is 5.62. The molecule has 0 saturated heterocycles. The summed E-state index contributed by atoms with van der Waals surface area (Å²) in [6.07, 6.45) is 1.72. The molecule has 0 aromatic rings. The van der Waals surface area contributed by atoms with E-state index in [0.29, 0.717) is 5.11 Å². The first-order valence-electron chi connectivity index (χ1n) is 4.11. The molecule has 0 aliphatic heterocycles. The van der Waals surface area contributed by atoms with Gasteiger partial charge >= 0.3 is 0 Å². The first kappa shape index (κ1) is 11.4. The Morgan fingerprint density at radius 2 is 1.83 bits per heavy atom. The Hall–Kier alpha value is -0.640. The Bertz CT molecular complexity index is 162. The number of hydrogen-bond donors (Lipinski definition) is 0. The Morgan fingerprint density at radius 1 is 1.33 bits per heavy atom. The number of hydrogen-bond acceptors (Lipinski definition) is 1. The van der Waals surface area contributed by atoms with Crippen molar-refractivity contribution in [2.24, 2.45) is 4.99 Å². The topological polar surface area (TPSA) is 18.8 Å². The van der Waals surface area contributed by atoms with Crippen LogP contribution in [0.15, 0.2) is 4.99 Å². The highest BCUT2D eigenvalue weighted by atomic mass is 32.1. The lowest BCUT2D eigenvalue weighted by Crippen LogP contribution is -2.28. The average molecular weight is 187 g/mol. The molecule has 0 saturated carbocycles. The molecule has 12 heavy (non-hydrogen) atoms. The van der Waals surface area contributed by atoms with Crippen LogP contribution < -0.4 is 0 Å². The van der Waals surface area contributed by atoms with E-state index in [2.05, 4.69) is 18.8 Å². The van der Waals surface area contributed by atoms with E-state index in [-0.39, 0.29) is 0 Å². The van der Waals surface area contributed by atoms with Gasteiger partial charge in [0.1, 0.15) is 0 Å². The van der Waals surface area contributed by atoms with Crippen molar-refractivity contribution in [2.75, 3.05) is 27.2 Å². The highest BCUT2D eigenvalue weighted by molar-refractivity contribution is 7.80. The third kappa shape index (κ3) is 4.28. The van der Waals surface area contributed by atoms with Crippen LogP contribution in [0.1, 0.15) is 13.8 Å². The predicted octanol–water partition coefficient (Wildman–Crippen LogP) is 1.20. The normalized spacial score (nSPS) is 10.3. The maximum Gasteiger partial charge on any atom is 0.196 e. The lowest BCUT2D eigenvalue weighted by molar-refractivity contribution is 0.469. The van der Waals surface area contributed by atoms with Crippen molar-refractivity contribution >= 4 is 23.7 Å². The molecule has 0 atom stereocenters. The van der Waals surface area contributed by atoms with E-state index in [0.717, 1.165) is 13.1 Å². The van der Waals surface area contributed by atoms with Crippen molar-refractivity contribution < 1.29 is 0 Å². The van der Waals surface area contributed by atoms with E-state index < -0.39 is 0 Å². The zero-order chi connectivity index (χ0) is 9.56. The smallest absolute Gasteiger partial charge is 0.196 e. The molecule has 0 fully saturated rings. The van der Waals surface area contributed by atoms with Gasteiger partial charge in [-0.15, -0.1) is 0 Å². The van der Waals surface area contributed by atoms with Crippen LogP contribution in [0.25, 0.3) is 0 Å². The largest absolute Gasteiger partial charge is 0.369 e. The highest BCUT2D eigenvalue weighted by Gasteiger charge is 2.00. The molecule has 0 N–H and O–H groups in total. The minimum absolute atomic E-state index is 0.661. The minimum Gasteiger partial charge on any atom is -0.369 e. The van der Waals surface area contributed by atoms with Crippen molar-refractivity contribution in [3.05, 3.63) is 0 Å². The zero-order valence-corrected chi connectivity index (χ0v) is 9.06. The fraction of sp³-hybridized carbons (Fsp3) is 0.750. The van der Waals surface area contributed by atoms with Gasteiger partial charge in [-0.25, -0.2) is 4.99 Å². The number of thiocarbonyl (C=S) groups is 1. The predicted molar refractivity (Wildman–Crippen MR) is 57.7 cm³/mol. The molecule has 0 unspecified atom stereocenters. The van der Waals surface area contributed by atoms with Gasteiger partial charge in [-0.3, -0.25) is 0 Å². The summed E-state index contributed by atoms with van der Waals surface area (Å²) in [5.74, 6) is 0. The van der Waals surface area contributed by atoms with Crippen LogP contribution in [0.2, 0.25) is 0 Å². The van der Waals surface area contributed by atoms with Crippen LogP contribution in [0.3, 0.4) is 0 Å². The lowest BCUT2D eigenvalue weighted by Gasteiger charge is -2.18. The molecular weight excluding hydrogens is 170 g/mol. The molecule has 0 amide bonds. The van der Waals surface area contributed by atoms with Crippen LogP contribution in [-0.4, -0.2) is 48.4 Å². The zero-order valence-electron chi connectivity index (χ0n) is 8.24. The van der Waals surface area contributed by atoms with E-state index in [1.807, 2.05) is 23.9 Å². The minimum atomic E-state index is 0.661. The third-order valence-corrected chi connectivity index (χ3v) is 1.80. The van der Waals surface area contributed by atoms with Crippen LogP contribution >= 0.6 is 12.2 Å². The number of rotatable bonds is 3. The summed E-state index contributed by atoms with van der Waals surface area (Å²) in [4.78, 5) is 8.03. The van der Waals surface area contributed by atoms with Gasteiger partial charge in [-0.2, -0.15) is 0 Å². The standard InChI is InChI=1S/C8H17N3S/c1-5-11(6-2)8(12)9-7-10(3)4/h7H,5-6H2,1-4H3. The summed E-state index contributed by atoms with van der Waals surface area (Å²) in [7, 11) is 3.85. The average Bonchev–Trinajstić information content (AvgIpc) is 2.03. The van der Waals surface area contributed by atoms with Crippen LogP contribution in [0, 0.1) is 0 Å². The number of nitrogens with zero attached hydrogens (tertiary/aromatic N) is 3. The molecule has 0 radical (unpaired) electrons. The van der Waals surface area contributed by atoms with Crippen LogP contribution in [0.5, 0.6) is 0 Å². The molecule has 0 aromatic heterocycles. The van der Waals surface area contributed by atoms with E-state index in [1.54, 1.807) is 6.34 Å². The SMILES string of the molecule is CCN(CC)C(=S)N=CN(C)C. The molecule has 0 spiro atoms. The van der Waals surface area contributed by atoms with Crippen molar-refractivity contribution in [1.29, 1.82) is 0 Å². The van der Waals surface area contributed by atoms with Gasteiger partial charge in [-0.05, 0) is 26.1 Å². The molecule has 0 rings (SSSR count). The van der Waals surface area contributed by atoms with Crippen molar-refractivity contribution in [1.82, 2.24) is 9.80 Å². The second-order valence-corrected chi connectivity index (χ2v) is 3.03. The molecule has 0 aliphatic carbocycles. The van der Waals surface area contributed by atoms with E-state index >= 15 is 0 Å². The Balaban J connectivity index is 4.01. The van der Waals surface area contributed by atoms with Gasteiger partial charge < -0.3 is 9.80 Å². The summed E-state index contributed by atoms with van der Waals surface area (Å²) < 4.78 is 0. The molecule has 0 aromatic carbocycles. The maximum atomic E-state index is 5.09. The van der Waals surface area contributed by atoms with Crippen LogP contribution in [0.4, 0.5) is 0 Å². The number of aliphatic imine (C=N–C) groups is 1. The van der Waals surface area contributed by atoms with E-state index in [9.17, 15) is 0 Å². The summed E-state index contributed by atoms with van der Waals surface area (Å²) in [5.41, 5.74) is 0. The van der Waals surface area contributed by atoms with E-state index in [1.165, 1.54) is 0 Å². The summed E-state index contributed by atoms with van der Waals surface area (Å²) in [5, 5.41) is 0.661.